The number of halogens is 2. The zero-order valence-corrected chi connectivity index (χ0v) is 11.1. The van der Waals surface area contributed by atoms with Gasteiger partial charge in [0, 0.05) is 19.5 Å². The summed E-state index contributed by atoms with van der Waals surface area (Å²) in [6, 6.07) is 0. The number of amides is 1. The van der Waals surface area contributed by atoms with E-state index in [0.29, 0.717) is 19.5 Å². The van der Waals surface area contributed by atoms with Crippen LogP contribution in [-0.2, 0) is 4.79 Å². The van der Waals surface area contributed by atoms with Crippen molar-refractivity contribution in [2.45, 2.75) is 38.5 Å². The molecule has 0 spiro atoms. The van der Waals surface area contributed by atoms with E-state index in [0.717, 1.165) is 0 Å². The highest BCUT2D eigenvalue weighted by molar-refractivity contribution is 5.86. The molecule has 3 N–H and O–H groups in total. The molecule has 0 aromatic carbocycles. The van der Waals surface area contributed by atoms with E-state index in [4.69, 9.17) is 5.11 Å². The van der Waals surface area contributed by atoms with Gasteiger partial charge >= 0.3 is 0 Å². The lowest BCUT2D eigenvalue weighted by atomic mass is 10.0. The van der Waals surface area contributed by atoms with Crippen LogP contribution in [0.25, 0.3) is 0 Å². The monoisotopic (exact) mass is 268 g/mol. The second-order valence-corrected chi connectivity index (χ2v) is 4.79. The summed E-state index contributed by atoms with van der Waals surface area (Å²) >= 11 is 0. The Morgan fingerprint density at radius 3 is 2.71 bits per heavy atom. The summed E-state index contributed by atoms with van der Waals surface area (Å²) in [6.45, 7) is 4.69. The topological polar surface area (TPSA) is 61.4 Å². The van der Waals surface area contributed by atoms with Crippen molar-refractivity contribution in [1.29, 1.82) is 0 Å². The van der Waals surface area contributed by atoms with E-state index in [2.05, 4.69) is 10.6 Å². The number of hydrogen-bond acceptors (Lipinski definition) is 3. The zero-order valence-electron chi connectivity index (χ0n) is 10.3. The van der Waals surface area contributed by atoms with Crippen molar-refractivity contribution in [2.75, 3.05) is 19.6 Å². The third kappa shape index (κ3) is 5.19. The number of alkyl halides is 1. The Bertz CT molecular complexity index is 246. The number of aliphatic hydroxyl groups excluding tert-OH is 1. The van der Waals surface area contributed by atoms with Gasteiger partial charge in [-0.2, -0.15) is 0 Å². The van der Waals surface area contributed by atoms with Crippen molar-refractivity contribution >= 4 is 18.3 Å². The fourth-order valence-corrected chi connectivity index (χ4v) is 1.95. The molecule has 0 aromatic heterocycles. The van der Waals surface area contributed by atoms with Crippen molar-refractivity contribution < 1.29 is 14.3 Å². The van der Waals surface area contributed by atoms with Crippen LogP contribution < -0.4 is 10.6 Å². The Hall–Kier alpha value is -0.390. The summed E-state index contributed by atoms with van der Waals surface area (Å²) in [5, 5.41) is 14.6. The Labute approximate surface area is 108 Å². The van der Waals surface area contributed by atoms with Crippen LogP contribution in [0.3, 0.4) is 0 Å². The minimum Gasteiger partial charge on any atom is -0.393 e. The molecule has 1 heterocycles. The maximum Gasteiger partial charge on any atom is 0.259 e. The third-order valence-electron chi connectivity index (χ3n) is 2.86. The van der Waals surface area contributed by atoms with Crippen LogP contribution in [0.5, 0.6) is 0 Å². The molecule has 4 nitrogen and oxygen atoms in total. The van der Waals surface area contributed by atoms with E-state index in [1.807, 2.05) is 6.92 Å². The van der Waals surface area contributed by atoms with Gasteiger partial charge in [-0.05, 0) is 25.8 Å². The average molecular weight is 269 g/mol. The molecule has 1 aliphatic heterocycles. The minimum atomic E-state index is -1.75. The van der Waals surface area contributed by atoms with Gasteiger partial charge in [0.15, 0.2) is 0 Å². The van der Waals surface area contributed by atoms with Crippen LogP contribution in [0.15, 0.2) is 0 Å². The molecule has 0 aromatic rings. The molecule has 17 heavy (non-hydrogen) atoms. The Morgan fingerprint density at radius 2 is 2.24 bits per heavy atom. The summed E-state index contributed by atoms with van der Waals surface area (Å²) in [7, 11) is 0. The highest BCUT2D eigenvalue weighted by atomic mass is 35.5. The SMILES string of the molecule is CC(O)CC(C)CNC(=O)C1(F)CCNC1.Cl. The van der Waals surface area contributed by atoms with E-state index in [1.165, 1.54) is 0 Å². The Balaban J connectivity index is 0.00000256. The van der Waals surface area contributed by atoms with Crippen molar-refractivity contribution in [3.05, 3.63) is 0 Å². The minimum absolute atomic E-state index is 0. The first-order chi connectivity index (χ1) is 7.44. The summed E-state index contributed by atoms with van der Waals surface area (Å²) < 4.78 is 13.9. The van der Waals surface area contributed by atoms with Crippen LogP contribution in [0.2, 0.25) is 0 Å². The van der Waals surface area contributed by atoms with E-state index >= 15 is 0 Å². The molecule has 1 rings (SSSR count). The van der Waals surface area contributed by atoms with Crippen LogP contribution >= 0.6 is 12.4 Å². The Kier molecular flexibility index (Phi) is 6.97. The van der Waals surface area contributed by atoms with Gasteiger partial charge in [0.1, 0.15) is 0 Å². The van der Waals surface area contributed by atoms with E-state index in [-0.39, 0.29) is 37.4 Å². The van der Waals surface area contributed by atoms with Gasteiger partial charge in [-0.15, -0.1) is 12.4 Å². The number of hydrogen-bond donors (Lipinski definition) is 3. The fraction of sp³-hybridized carbons (Fsp3) is 0.909. The van der Waals surface area contributed by atoms with Gasteiger partial charge in [0.2, 0.25) is 5.67 Å². The molecule has 0 bridgehead atoms. The number of carbonyl (C=O) groups is 1. The molecule has 1 amide bonds. The molecule has 102 valence electrons. The molecule has 0 radical (unpaired) electrons. The predicted molar refractivity (Wildman–Crippen MR) is 67.0 cm³/mol. The summed E-state index contributed by atoms with van der Waals surface area (Å²) in [5.41, 5.74) is -1.75. The molecule has 3 atom stereocenters. The number of rotatable bonds is 5. The average Bonchev–Trinajstić information content (AvgIpc) is 2.62. The lowest BCUT2D eigenvalue weighted by Gasteiger charge is -2.20. The summed E-state index contributed by atoms with van der Waals surface area (Å²) in [4.78, 5) is 11.6. The maximum absolute atomic E-state index is 13.9. The van der Waals surface area contributed by atoms with Crippen molar-refractivity contribution in [3.63, 3.8) is 0 Å². The van der Waals surface area contributed by atoms with Gasteiger partial charge < -0.3 is 15.7 Å². The van der Waals surface area contributed by atoms with Crippen molar-refractivity contribution in [3.8, 4) is 0 Å². The van der Waals surface area contributed by atoms with Gasteiger partial charge in [-0.3, -0.25) is 4.79 Å². The molecule has 3 unspecified atom stereocenters. The first-order valence-electron chi connectivity index (χ1n) is 5.80. The normalized spacial score (nSPS) is 27.1. The van der Waals surface area contributed by atoms with Crippen LogP contribution in [-0.4, -0.2) is 42.4 Å². The molecule has 0 saturated carbocycles. The molecular formula is C11H22ClFN2O2. The second kappa shape index (κ2) is 7.13. The second-order valence-electron chi connectivity index (χ2n) is 4.79. The fourth-order valence-electron chi connectivity index (χ4n) is 1.95. The lowest BCUT2D eigenvalue weighted by Crippen LogP contribution is -2.46. The van der Waals surface area contributed by atoms with Gasteiger partial charge in [0.05, 0.1) is 6.10 Å². The highest BCUT2D eigenvalue weighted by Crippen LogP contribution is 2.19. The van der Waals surface area contributed by atoms with E-state index in [1.54, 1.807) is 6.92 Å². The third-order valence-corrected chi connectivity index (χ3v) is 2.86. The van der Waals surface area contributed by atoms with Gasteiger partial charge in [0.25, 0.3) is 5.91 Å². The van der Waals surface area contributed by atoms with Crippen LogP contribution in [0.4, 0.5) is 4.39 Å². The van der Waals surface area contributed by atoms with Crippen molar-refractivity contribution in [2.24, 2.45) is 5.92 Å². The summed E-state index contributed by atoms with van der Waals surface area (Å²) in [6.07, 6.45) is 0.459. The van der Waals surface area contributed by atoms with Crippen LogP contribution in [0, 0.1) is 5.92 Å². The summed E-state index contributed by atoms with van der Waals surface area (Å²) in [5.74, 6) is -0.378. The van der Waals surface area contributed by atoms with E-state index < -0.39 is 11.6 Å². The zero-order chi connectivity index (χ0) is 12.2. The van der Waals surface area contributed by atoms with Crippen LogP contribution in [0.1, 0.15) is 26.7 Å². The van der Waals surface area contributed by atoms with Gasteiger partial charge in [-0.25, -0.2) is 4.39 Å². The molecule has 1 fully saturated rings. The molecule has 6 heteroatoms. The maximum atomic E-state index is 13.9. The quantitative estimate of drug-likeness (QED) is 0.686. The molecular weight excluding hydrogens is 247 g/mol. The first-order valence-corrected chi connectivity index (χ1v) is 5.80. The molecule has 1 aliphatic rings. The van der Waals surface area contributed by atoms with E-state index in [9.17, 15) is 9.18 Å². The lowest BCUT2D eigenvalue weighted by molar-refractivity contribution is -0.131. The van der Waals surface area contributed by atoms with Crippen molar-refractivity contribution in [1.82, 2.24) is 10.6 Å². The first kappa shape index (κ1) is 16.6. The number of carbonyl (C=O) groups excluding carboxylic acids is 1. The molecule has 0 aliphatic carbocycles. The number of nitrogens with one attached hydrogen (secondary N) is 2. The standard InChI is InChI=1S/C11H21FN2O2.ClH/c1-8(5-9(2)15)6-14-10(16)11(12)3-4-13-7-11;/h8-9,13,15H,3-7H2,1-2H3,(H,14,16);1H. The highest BCUT2D eigenvalue weighted by Gasteiger charge is 2.41. The number of aliphatic hydroxyl groups is 1. The largest absolute Gasteiger partial charge is 0.393 e. The molecule has 1 saturated heterocycles. The predicted octanol–water partition coefficient (Wildman–Crippen LogP) is 0.633. The Morgan fingerprint density at radius 1 is 1.59 bits per heavy atom. The smallest absolute Gasteiger partial charge is 0.259 e. The van der Waals surface area contributed by atoms with Gasteiger partial charge in [-0.1, -0.05) is 6.92 Å².